The molecule has 1 N–H and O–H groups in total. The maximum Gasteiger partial charge on any atom is 0.254 e. The van der Waals surface area contributed by atoms with Gasteiger partial charge in [0.25, 0.3) is 5.91 Å². The molecule has 0 bridgehead atoms. The van der Waals surface area contributed by atoms with Crippen molar-refractivity contribution in [1.29, 1.82) is 5.26 Å². The van der Waals surface area contributed by atoms with Crippen LogP contribution in [0.1, 0.15) is 55.1 Å². The van der Waals surface area contributed by atoms with Crippen molar-refractivity contribution in [3.8, 4) is 11.8 Å². The molecule has 0 atom stereocenters. The summed E-state index contributed by atoms with van der Waals surface area (Å²) in [6.45, 7) is 5.58. The van der Waals surface area contributed by atoms with E-state index in [0.29, 0.717) is 43.1 Å². The second-order valence-electron chi connectivity index (χ2n) is 9.75. The van der Waals surface area contributed by atoms with Crippen molar-refractivity contribution in [1.82, 2.24) is 14.7 Å². The largest absolute Gasteiger partial charge is 0.369 e. The molecule has 0 unspecified atom stereocenters. The van der Waals surface area contributed by atoms with E-state index in [9.17, 15) is 19.2 Å². The Kier molecular flexibility index (Phi) is 7.24. The van der Waals surface area contributed by atoms with Gasteiger partial charge in [0.1, 0.15) is 23.3 Å². The summed E-state index contributed by atoms with van der Waals surface area (Å²) >= 11 is 0. The van der Waals surface area contributed by atoms with Crippen LogP contribution in [0.2, 0.25) is 0 Å². The van der Waals surface area contributed by atoms with Crippen molar-refractivity contribution in [2.45, 2.75) is 26.7 Å². The van der Waals surface area contributed by atoms with Crippen LogP contribution in [-0.4, -0.2) is 46.0 Å². The maximum atomic E-state index is 13.6. The fraction of sp³-hybridized carbons (Fsp3) is 0.226. The molecule has 1 aliphatic rings. The third kappa shape index (κ3) is 5.30. The number of rotatable bonds is 8. The lowest BCUT2D eigenvalue weighted by atomic mass is 9.97. The van der Waals surface area contributed by atoms with E-state index in [1.54, 1.807) is 24.3 Å². The molecular weight excluding hydrogens is 493 g/mol. The number of aromatic nitrogens is 2. The van der Waals surface area contributed by atoms with E-state index < -0.39 is 5.82 Å². The number of anilines is 1. The minimum absolute atomic E-state index is 0.0197. The average molecular weight is 522 g/mol. The number of amides is 1. The van der Waals surface area contributed by atoms with E-state index in [1.807, 2.05) is 43.0 Å². The van der Waals surface area contributed by atoms with Gasteiger partial charge in [-0.25, -0.2) is 9.07 Å². The van der Waals surface area contributed by atoms with Crippen LogP contribution in [0.4, 0.5) is 10.2 Å². The number of carbonyl (C=O) groups is 2. The first-order valence-electron chi connectivity index (χ1n) is 12.9. The highest BCUT2D eigenvalue weighted by molar-refractivity contribution is 6.10. The smallest absolute Gasteiger partial charge is 0.254 e. The molecule has 1 amide bonds. The number of nitrogens with one attached hydrogen (secondary N) is 1. The van der Waals surface area contributed by atoms with Crippen LogP contribution in [0.25, 0.3) is 5.69 Å². The normalized spacial score (nSPS) is 12.7. The third-order valence-corrected chi connectivity index (χ3v) is 6.92. The van der Waals surface area contributed by atoms with Crippen molar-refractivity contribution < 1.29 is 14.0 Å². The number of halogens is 1. The average Bonchev–Trinajstić information content (AvgIpc) is 3.31. The summed E-state index contributed by atoms with van der Waals surface area (Å²) in [6.07, 6.45) is 1.43. The first-order chi connectivity index (χ1) is 18.9. The molecule has 39 heavy (non-hydrogen) atoms. The van der Waals surface area contributed by atoms with Gasteiger partial charge in [-0.3, -0.25) is 9.59 Å². The molecule has 0 saturated heterocycles. The SMILES string of the molecule is Cc1ccc(C(=O)c2nn(-c3ccc(F)cc3)c(NCCCN3CCc4cc(C)ccc4C3=O)c2C#N)cc1. The number of hydrogen-bond donors (Lipinski definition) is 1. The fourth-order valence-corrected chi connectivity index (χ4v) is 4.81. The number of aryl methyl sites for hydroxylation is 2. The quantitative estimate of drug-likeness (QED) is 0.253. The van der Waals surface area contributed by atoms with E-state index in [1.165, 1.54) is 16.8 Å². The summed E-state index contributed by atoms with van der Waals surface area (Å²) < 4.78 is 15.1. The van der Waals surface area contributed by atoms with Crippen LogP contribution >= 0.6 is 0 Å². The zero-order valence-corrected chi connectivity index (χ0v) is 21.9. The van der Waals surface area contributed by atoms with Crippen LogP contribution in [0.5, 0.6) is 0 Å². The van der Waals surface area contributed by atoms with E-state index in [0.717, 1.165) is 28.7 Å². The number of hydrogen-bond acceptors (Lipinski definition) is 5. The number of nitriles is 1. The Hall–Kier alpha value is -4.77. The molecule has 0 radical (unpaired) electrons. The Morgan fingerprint density at radius 3 is 2.49 bits per heavy atom. The van der Waals surface area contributed by atoms with Gasteiger partial charge in [0.2, 0.25) is 5.78 Å². The van der Waals surface area contributed by atoms with Crippen molar-refractivity contribution in [2.75, 3.05) is 25.0 Å². The van der Waals surface area contributed by atoms with E-state index in [-0.39, 0.29) is 22.9 Å². The monoisotopic (exact) mass is 521 g/mol. The van der Waals surface area contributed by atoms with Crippen LogP contribution in [0.15, 0.2) is 66.7 Å². The summed E-state index contributed by atoms with van der Waals surface area (Å²) in [7, 11) is 0. The molecule has 0 saturated carbocycles. The van der Waals surface area contributed by atoms with Crippen molar-refractivity contribution >= 4 is 17.5 Å². The lowest BCUT2D eigenvalue weighted by Crippen LogP contribution is -2.38. The minimum Gasteiger partial charge on any atom is -0.369 e. The zero-order chi connectivity index (χ0) is 27.5. The van der Waals surface area contributed by atoms with Crippen LogP contribution in [0.3, 0.4) is 0 Å². The Morgan fingerprint density at radius 2 is 1.77 bits per heavy atom. The van der Waals surface area contributed by atoms with E-state index in [2.05, 4.69) is 22.6 Å². The first kappa shape index (κ1) is 25.9. The van der Waals surface area contributed by atoms with Gasteiger partial charge in [0, 0.05) is 30.8 Å². The molecule has 5 rings (SSSR count). The molecule has 1 aliphatic heterocycles. The molecule has 196 valence electrons. The molecular formula is C31H28FN5O2. The van der Waals surface area contributed by atoms with Crippen LogP contribution in [0, 0.1) is 31.0 Å². The van der Waals surface area contributed by atoms with E-state index >= 15 is 0 Å². The lowest BCUT2D eigenvalue weighted by Gasteiger charge is -2.29. The van der Waals surface area contributed by atoms with Gasteiger partial charge >= 0.3 is 0 Å². The Labute approximate surface area is 226 Å². The molecule has 0 aliphatic carbocycles. The molecule has 0 spiro atoms. The number of fused-ring (bicyclic) bond motifs is 1. The molecule has 3 aromatic carbocycles. The molecule has 8 heteroatoms. The number of benzene rings is 3. The summed E-state index contributed by atoms with van der Waals surface area (Å²) in [5.41, 5.74) is 5.06. The highest BCUT2D eigenvalue weighted by Crippen LogP contribution is 2.26. The van der Waals surface area contributed by atoms with Gasteiger partial charge in [0.15, 0.2) is 5.69 Å². The molecule has 0 fully saturated rings. The van der Waals surface area contributed by atoms with Gasteiger partial charge < -0.3 is 10.2 Å². The number of nitrogens with zero attached hydrogens (tertiary/aromatic N) is 4. The third-order valence-electron chi connectivity index (χ3n) is 6.92. The van der Waals surface area contributed by atoms with Gasteiger partial charge in [-0.2, -0.15) is 10.4 Å². The molecule has 2 heterocycles. The molecule has 4 aromatic rings. The highest BCUT2D eigenvalue weighted by atomic mass is 19.1. The molecule has 1 aromatic heterocycles. The number of ketones is 1. The van der Waals surface area contributed by atoms with Crippen molar-refractivity contribution in [3.63, 3.8) is 0 Å². The number of carbonyl (C=O) groups excluding carboxylic acids is 2. The summed E-state index contributed by atoms with van der Waals surface area (Å²) in [4.78, 5) is 28.1. The van der Waals surface area contributed by atoms with Gasteiger partial charge in [-0.05, 0) is 62.6 Å². The van der Waals surface area contributed by atoms with Gasteiger partial charge in [-0.1, -0.05) is 47.5 Å². The fourth-order valence-electron chi connectivity index (χ4n) is 4.81. The minimum atomic E-state index is -0.403. The highest BCUT2D eigenvalue weighted by Gasteiger charge is 2.26. The Balaban J connectivity index is 1.37. The van der Waals surface area contributed by atoms with Gasteiger partial charge in [-0.15, -0.1) is 0 Å². The second kappa shape index (κ2) is 10.9. The van der Waals surface area contributed by atoms with E-state index in [4.69, 9.17) is 0 Å². The molecule has 7 nitrogen and oxygen atoms in total. The Morgan fingerprint density at radius 1 is 1.05 bits per heavy atom. The maximum absolute atomic E-state index is 13.6. The summed E-state index contributed by atoms with van der Waals surface area (Å²) in [5, 5.41) is 17.8. The van der Waals surface area contributed by atoms with Crippen LogP contribution < -0.4 is 5.32 Å². The second-order valence-corrected chi connectivity index (χ2v) is 9.75. The summed E-state index contributed by atoms with van der Waals surface area (Å²) in [5.74, 6) is -0.398. The van der Waals surface area contributed by atoms with Crippen molar-refractivity contribution in [2.24, 2.45) is 0 Å². The lowest BCUT2D eigenvalue weighted by molar-refractivity contribution is 0.0739. The van der Waals surface area contributed by atoms with Gasteiger partial charge in [0.05, 0.1) is 5.69 Å². The standard InChI is InChI=1S/C31H28FN5O2/c1-20-4-7-22(8-5-20)29(38)28-27(19-33)30(37(35-28)25-11-9-24(32)10-12-25)34-15-3-16-36-17-14-23-18-21(2)6-13-26(23)31(36)39/h4-13,18,34H,3,14-17H2,1-2H3. The summed E-state index contributed by atoms with van der Waals surface area (Å²) in [6, 6.07) is 20.8. The Bertz CT molecular complexity index is 1580. The zero-order valence-electron chi connectivity index (χ0n) is 21.9. The van der Waals surface area contributed by atoms with Crippen LogP contribution in [-0.2, 0) is 6.42 Å². The predicted molar refractivity (Wildman–Crippen MR) is 147 cm³/mol. The predicted octanol–water partition coefficient (Wildman–Crippen LogP) is 5.23. The first-order valence-corrected chi connectivity index (χ1v) is 12.9. The van der Waals surface area contributed by atoms with Crippen molar-refractivity contribution in [3.05, 3.63) is 112 Å². The topological polar surface area (TPSA) is 91.0 Å².